The molecule has 24 heteroatoms. The van der Waals surface area contributed by atoms with Crippen LogP contribution in [0.2, 0.25) is 0 Å². The number of carbonyl (C=O) groups is 3. The third-order valence-electron chi connectivity index (χ3n) is 15.6. The maximum Gasteiger partial charge on any atom is 0.253 e. The van der Waals surface area contributed by atoms with Crippen molar-refractivity contribution in [2.45, 2.75) is 58.3 Å². The SMILES string of the molecule is CC(Oc1cc(F)cc(F)c1)c1cc(C(=O)N(C)C)cc2ncc(C3=CCOCC3)nc12.CC(Oc1cc(F)cc(F)c1)c1cc(C(=O)N(C)C)cc2ncc(C3=CCOCC3)nc12.CC(Oc1cc(F)cc(F)c1)c1cc(C(=O)N(C)C)cc2ncc(C3=CCOCC3)nc12. The third kappa shape index (κ3) is 16.8. The summed E-state index contributed by atoms with van der Waals surface area (Å²) in [4.78, 5) is 70.4. The average molecular weight is 1320 g/mol. The molecule has 6 aromatic carbocycles. The minimum absolute atomic E-state index is 0.0451. The molecule has 3 amide bonds. The van der Waals surface area contributed by atoms with Gasteiger partial charge < -0.3 is 43.1 Å². The zero-order valence-corrected chi connectivity index (χ0v) is 54.2. The van der Waals surface area contributed by atoms with Gasteiger partial charge in [0.2, 0.25) is 0 Å². The number of carbonyl (C=O) groups excluding carboxylic acids is 3. The van der Waals surface area contributed by atoms with Crippen LogP contribution in [-0.4, -0.2) is 144 Å². The molecule has 3 aromatic heterocycles. The first-order valence-corrected chi connectivity index (χ1v) is 30.7. The van der Waals surface area contributed by atoms with Gasteiger partial charge in [0.05, 0.1) is 108 Å². The highest BCUT2D eigenvalue weighted by Gasteiger charge is 2.25. The van der Waals surface area contributed by atoms with Crippen LogP contribution < -0.4 is 14.2 Å². The van der Waals surface area contributed by atoms with Crippen LogP contribution in [0.15, 0.2) is 128 Å². The number of amides is 3. The van der Waals surface area contributed by atoms with E-state index in [2.05, 4.69) is 15.0 Å². The molecule has 0 bridgehead atoms. The Labute approximate surface area is 549 Å². The quantitative estimate of drug-likeness (QED) is 0.0879. The molecular formula is C72H69F6N9O9. The van der Waals surface area contributed by atoms with Gasteiger partial charge in [-0.2, -0.15) is 0 Å². The van der Waals surface area contributed by atoms with E-state index >= 15 is 0 Å². The molecule has 3 atom stereocenters. The van der Waals surface area contributed by atoms with Crippen LogP contribution in [-0.2, 0) is 14.2 Å². The summed E-state index contributed by atoms with van der Waals surface area (Å²) in [6.07, 6.45) is 11.2. The number of aromatic nitrogens is 6. The Balaban J connectivity index is 0.000000157. The topological polar surface area (TPSA) is 194 Å². The smallest absolute Gasteiger partial charge is 0.253 e. The van der Waals surface area contributed by atoms with Crippen LogP contribution in [0.5, 0.6) is 17.2 Å². The van der Waals surface area contributed by atoms with Gasteiger partial charge in [0.1, 0.15) is 70.5 Å². The van der Waals surface area contributed by atoms with Crippen LogP contribution in [0, 0.1) is 34.9 Å². The highest BCUT2D eigenvalue weighted by molar-refractivity contribution is 6.00. The number of nitrogens with zero attached hydrogens (tertiary/aromatic N) is 9. The molecule has 0 aliphatic carbocycles. The molecule has 6 heterocycles. The minimum Gasteiger partial charge on any atom is -0.486 e. The van der Waals surface area contributed by atoms with Crippen LogP contribution in [0.1, 0.15) is 123 Å². The van der Waals surface area contributed by atoms with Crippen molar-refractivity contribution in [2.75, 3.05) is 81.9 Å². The van der Waals surface area contributed by atoms with Crippen molar-refractivity contribution in [3.63, 3.8) is 0 Å². The van der Waals surface area contributed by atoms with Crippen molar-refractivity contribution in [2.24, 2.45) is 0 Å². The maximum absolute atomic E-state index is 13.6. The molecule has 96 heavy (non-hydrogen) atoms. The van der Waals surface area contributed by atoms with Crippen LogP contribution in [0.3, 0.4) is 0 Å². The zero-order chi connectivity index (χ0) is 68.5. The predicted molar refractivity (Wildman–Crippen MR) is 349 cm³/mol. The van der Waals surface area contributed by atoms with Gasteiger partial charge in [-0.3, -0.25) is 29.3 Å². The number of ether oxygens (including phenoxy) is 6. The normalized spacial score (nSPS) is 14.7. The van der Waals surface area contributed by atoms with Gasteiger partial charge in [0.15, 0.2) is 0 Å². The Kier molecular flexibility index (Phi) is 21.8. The van der Waals surface area contributed by atoms with E-state index in [0.29, 0.717) is 106 Å². The fourth-order valence-electron chi connectivity index (χ4n) is 10.8. The molecule has 12 rings (SSSR count). The van der Waals surface area contributed by atoms with Gasteiger partial charge in [-0.05, 0) is 93.2 Å². The summed E-state index contributed by atoms with van der Waals surface area (Å²) >= 11 is 0. The molecule has 0 fully saturated rings. The molecule has 0 N–H and O–H groups in total. The first kappa shape index (κ1) is 68.7. The summed E-state index contributed by atoms with van der Waals surface area (Å²) < 4.78 is 116. The standard InChI is InChI=1S/3C24H23F2N3O3/c3*1-14(32-19-11-17(25)10-18(26)12-19)20-8-16(24(30)29(2)3)9-21-23(20)28-22(13-27-21)15-4-6-31-7-5-15/h3*4,8-14H,5-7H2,1-3H3. The van der Waals surface area contributed by atoms with E-state index in [-0.39, 0.29) is 35.0 Å². The van der Waals surface area contributed by atoms with Crippen molar-refractivity contribution in [3.05, 3.63) is 213 Å². The summed E-state index contributed by atoms with van der Waals surface area (Å²) in [5.74, 6) is -4.87. The molecule has 9 aromatic rings. The highest BCUT2D eigenvalue weighted by atomic mass is 19.2. The predicted octanol–water partition coefficient (Wildman–Crippen LogP) is 13.7. The van der Waals surface area contributed by atoms with Crippen molar-refractivity contribution in [1.29, 1.82) is 0 Å². The average Bonchev–Trinajstić information content (AvgIpc) is 0.793. The van der Waals surface area contributed by atoms with Gasteiger partial charge >= 0.3 is 0 Å². The lowest BCUT2D eigenvalue weighted by Gasteiger charge is -2.20. The molecule has 3 aliphatic heterocycles. The van der Waals surface area contributed by atoms with Crippen LogP contribution >= 0.6 is 0 Å². The Morgan fingerprint density at radius 3 is 0.854 bits per heavy atom. The number of rotatable bonds is 15. The number of halogens is 6. The maximum atomic E-state index is 13.6. The van der Waals surface area contributed by atoms with Crippen molar-refractivity contribution in [1.82, 2.24) is 44.6 Å². The highest BCUT2D eigenvalue weighted by Crippen LogP contribution is 2.35. The summed E-state index contributed by atoms with van der Waals surface area (Å²) in [7, 11) is 9.96. The van der Waals surface area contributed by atoms with Gasteiger partial charge in [-0.25, -0.2) is 41.3 Å². The van der Waals surface area contributed by atoms with Crippen molar-refractivity contribution < 1.29 is 69.1 Å². The molecule has 0 saturated heterocycles. The summed E-state index contributed by atoms with van der Waals surface area (Å²) in [5.41, 5.74) is 11.6. The molecule has 3 aliphatic rings. The Morgan fingerprint density at radius 2 is 0.635 bits per heavy atom. The molecule has 0 saturated carbocycles. The van der Waals surface area contributed by atoms with Crippen LogP contribution in [0.25, 0.3) is 49.8 Å². The second-order valence-corrected chi connectivity index (χ2v) is 23.4. The third-order valence-corrected chi connectivity index (χ3v) is 15.6. The van der Waals surface area contributed by atoms with Crippen molar-refractivity contribution in [3.8, 4) is 17.2 Å². The van der Waals surface area contributed by atoms with E-state index in [1.54, 1.807) is 118 Å². The van der Waals surface area contributed by atoms with Crippen molar-refractivity contribution >= 4 is 67.5 Å². The summed E-state index contributed by atoms with van der Waals surface area (Å²) in [6.45, 7) is 8.60. The molecule has 498 valence electrons. The Hall–Kier alpha value is -10.2. The molecule has 0 spiro atoms. The van der Waals surface area contributed by atoms with Gasteiger partial charge in [-0.15, -0.1) is 0 Å². The fraction of sp³-hybridized carbons (Fsp3) is 0.292. The summed E-state index contributed by atoms with van der Waals surface area (Å²) in [5, 5.41) is 0. The van der Waals surface area contributed by atoms with E-state index in [4.69, 9.17) is 43.4 Å². The number of fused-ring (bicyclic) bond motifs is 3. The van der Waals surface area contributed by atoms with E-state index in [9.17, 15) is 40.7 Å². The lowest BCUT2D eigenvalue weighted by atomic mass is 10.0. The summed E-state index contributed by atoms with van der Waals surface area (Å²) in [6, 6.07) is 19.2. The molecular weight excluding hydrogens is 1250 g/mol. The fourth-order valence-corrected chi connectivity index (χ4v) is 10.8. The number of hydrogen-bond donors (Lipinski definition) is 0. The van der Waals surface area contributed by atoms with E-state index < -0.39 is 53.2 Å². The van der Waals surface area contributed by atoms with E-state index in [0.717, 1.165) is 108 Å². The minimum atomic E-state index is -0.734. The number of hydrogen-bond acceptors (Lipinski definition) is 15. The second-order valence-electron chi connectivity index (χ2n) is 23.4. The van der Waals surface area contributed by atoms with Gasteiger partial charge in [-0.1, -0.05) is 18.2 Å². The second kappa shape index (κ2) is 30.5. The lowest BCUT2D eigenvalue weighted by molar-refractivity contribution is 0.0820. The molecule has 18 nitrogen and oxygen atoms in total. The largest absolute Gasteiger partial charge is 0.486 e. The lowest BCUT2D eigenvalue weighted by Crippen LogP contribution is -2.22. The monoisotopic (exact) mass is 1320 g/mol. The number of benzene rings is 6. The first-order chi connectivity index (χ1) is 45.9. The van der Waals surface area contributed by atoms with E-state index in [1.807, 2.05) is 18.2 Å². The van der Waals surface area contributed by atoms with Gasteiger partial charge in [0.25, 0.3) is 17.7 Å². The van der Waals surface area contributed by atoms with E-state index in [1.165, 1.54) is 14.7 Å². The Morgan fingerprint density at radius 1 is 0.385 bits per heavy atom. The zero-order valence-electron chi connectivity index (χ0n) is 54.2. The van der Waals surface area contributed by atoms with Gasteiger partial charge in [0, 0.05) is 130 Å². The van der Waals surface area contributed by atoms with Crippen LogP contribution in [0.4, 0.5) is 26.3 Å². The molecule has 3 unspecified atom stereocenters. The first-order valence-electron chi connectivity index (χ1n) is 30.7. The molecule has 0 radical (unpaired) electrons. The Bertz CT molecular complexity index is 4020.